The monoisotopic (exact) mass is 212 g/mol. The average Bonchev–Trinajstić information content (AvgIpc) is 2.22. The number of H-pyrrole nitrogens is 1. The van der Waals surface area contributed by atoms with E-state index in [9.17, 15) is 14.4 Å². The third-order valence-electron chi connectivity index (χ3n) is 2.22. The first-order valence-corrected chi connectivity index (χ1v) is 4.34. The van der Waals surface area contributed by atoms with Crippen molar-refractivity contribution < 1.29 is 9.53 Å². The molecule has 0 saturated heterocycles. The Kier molecular flexibility index (Phi) is 3.08. The molecular formula is C9H12N2O4. The molecule has 0 saturated carbocycles. The largest absolute Gasteiger partial charge is 0.468 e. The summed E-state index contributed by atoms with van der Waals surface area (Å²) >= 11 is 0. The Morgan fingerprint density at radius 1 is 1.33 bits per heavy atom. The van der Waals surface area contributed by atoms with Crippen LogP contribution >= 0.6 is 0 Å². The van der Waals surface area contributed by atoms with Crippen molar-refractivity contribution >= 4 is 5.97 Å². The minimum absolute atomic E-state index is 0.286. The van der Waals surface area contributed by atoms with Crippen molar-refractivity contribution in [3.8, 4) is 0 Å². The molecule has 1 aromatic rings. The Morgan fingerprint density at radius 2 is 1.93 bits per heavy atom. The number of rotatable bonds is 2. The van der Waals surface area contributed by atoms with Crippen LogP contribution in [0.15, 0.2) is 9.59 Å². The fourth-order valence-corrected chi connectivity index (χ4v) is 1.10. The van der Waals surface area contributed by atoms with E-state index in [4.69, 9.17) is 0 Å². The molecule has 0 atom stereocenters. The van der Waals surface area contributed by atoms with Crippen molar-refractivity contribution in [2.24, 2.45) is 0 Å². The fraction of sp³-hybridized carbons (Fsp3) is 0.444. The molecule has 1 N–H and O–H groups in total. The predicted molar refractivity (Wildman–Crippen MR) is 52.8 cm³/mol. The van der Waals surface area contributed by atoms with Gasteiger partial charge in [0.25, 0.3) is 11.1 Å². The molecular weight excluding hydrogens is 200 g/mol. The maximum atomic E-state index is 11.6. The van der Waals surface area contributed by atoms with Crippen molar-refractivity contribution in [1.82, 2.24) is 9.78 Å². The third-order valence-corrected chi connectivity index (χ3v) is 2.22. The number of carbonyl (C=O) groups is 1. The zero-order valence-electron chi connectivity index (χ0n) is 8.79. The van der Waals surface area contributed by atoms with E-state index >= 15 is 0 Å². The number of carbonyl (C=O) groups excluding carboxylic acids is 1. The van der Waals surface area contributed by atoms with Crippen LogP contribution in [0.5, 0.6) is 0 Å². The normalized spacial score (nSPS) is 10.1. The lowest BCUT2D eigenvalue weighted by molar-refractivity contribution is -0.141. The molecule has 0 aliphatic rings. The number of nitrogens with one attached hydrogen (secondary N) is 1. The van der Waals surface area contributed by atoms with E-state index in [-0.39, 0.29) is 12.1 Å². The van der Waals surface area contributed by atoms with Gasteiger partial charge in [-0.05, 0) is 13.8 Å². The molecule has 0 aromatic carbocycles. The molecule has 0 amide bonds. The van der Waals surface area contributed by atoms with Gasteiger partial charge in [-0.2, -0.15) is 0 Å². The molecule has 0 radical (unpaired) electrons. The lowest BCUT2D eigenvalue weighted by atomic mass is 10.2. The summed E-state index contributed by atoms with van der Waals surface area (Å²) in [7, 11) is 1.21. The van der Waals surface area contributed by atoms with Crippen LogP contribution in [0.3, 0.4) is 0 Å². The minimum Gasteiger partial charge on any atom is -0.468 e. The number of methoxy groups -OCH3 is 1. The van der Waals surface area contributed by atoms with Gasteiger partial charge in [-0.25, -0.2) is 4.68 Å². The van der Waals surface area contributed by atoms with Gasteiger partial charge >= 0.3 is 5.97 Å². The van der Waals surface area contributed by atoms with Gasteiger partial charge < -0.3 is 4.74 Å². The number of esters is 1. The molecule has 0 aliphatic carbocycles. The molecule has 0 fully saturated rings. The van der Waals surface area contributed by atoms with Gasteiger partial charge in [-0.3, -0.25) is 19.5 Å². The molecule has 6 heteroatoms. The second kappa shape index (κ2) is 4.12. The maximum absolute atomic E-state index is 11.6. The van der Waals surface area contributed by atoms with Crippen LogP contribution in [-0.4, -0.2) is 22.9 Å². The number of aromatic nitrogens is 2. The number of ether oxygens (including phenoxy) is 1. The number of hydrogen-bond donors (Lipinski definition) is 1. The quantitative estimate of drug-likeness (QED) is 0.659. The second-order valence-electron chi connectivity index (χ2n) is 3.16. The van der Waals surface area contributed by atoms with Gasteiger partial charge in [0.15, 0.2) is 0 Å². The van der Waals surface area contributed by atoms with Crippen LogP contribution < -0.4 is 11.1 Å². The Hall–Kier alpha value is -1.85. The third kappa shape index (κ3) is 2.15. The highest BCUT2D eigenvalue weighted by Gasteiger charge is 2.09. The van der Waals surface area contributed by atoms with Crippen molar-refractivity contribution in [2.75, 3.05) is 7.11 Å². The van der Waals surface area contributed by atoms with Crippen LogP contribution in [0, 0.1) is 13.8 Å². The summed E-state index contributed by atoms with van der Waals surface area (Å²) in [6.07, 6.45) is 0. The highest BCUT2D eigenvalue weighted by Crippen LogP contribution is 1.91. The standard InChI is InChI=1S/C9H12N2O4/c1-5-6(2)9(14)11(10-8(5)13)4-7(12)15-3/h4H2,1-3H3,(H,10,13). The molecule has 6 nitrogen and oxygen atoms in total. The van der Waals surface area contributed by atoms with E-state index in [1.807, 2.05) is 0 Å². The molecule has 0 bridgehead atoms. The molecule has 15 heavy (non-hydrogen) atoms. The smallest absolute Gasteiger partial charge is 0.327 e. The lowest BCUT2D eigenvalue weighted by Crippen LogP contribution is -2.35. The van der Waals surface area contributed by atoms with Crippen molar-refractivity contribution in [3.05, 3.63) is 31.8 Å². The van der Waals surface area contributed by atoms with E-state index in [2.05, 4.69) is 9.84 Å². The summed E-state index contributed by atoms with van der Waals surface area (Å²) < 4.78 is 5.34. The zero-order valence-corrected chi connectivity index (χ0v) is 8.79. The molecule has 0 spiro atoms. The maximum Gasteiger partial charge on any atom is 0.327 e. The van der Waals surface area contributed by atoms with Crippen LogP contribution in [0.2, 0.25) is 0 Å². The van der Waals surface area contributed by atoms with Gasteiger partial charge in [0.05, 0.1) is 7.11 Å². The van der Waals surface area contributed by atoms with E-state index in [0.717, 1.165) is 4.68 Å². The summed E-state index contributed by atoms with van der Waals surface area (Å²) in [6.45, 7) is 2.81. The van der Waals surface area contributed by atoms with Crippen LogP contribution in [0.25, 0.3) is 0 Å². The molecule has 1 rings (SSSR count). The van der Waals surface area contributed by atoms with Crippen LogP contribution in [0.4, 0.5) is 0 Å². The van der Waals surface area contributed by atoms with E-state index in [1.54, 1.807) is 13.8 Å². The average molecular weight is 212 g/mol. The van der Waals surface area contributed by atoms with Gasteiger partial charge in [0.1, 0.15) is 6.54 Å². The fourth-order valence-electron chi connectivity index (χ4n) is 1.10. The van der Waals surface area contributed by atoms with E-state index in [0.29, 0.717) is 11.1 Å². The predicted octanol–water partition coefficient (Wildman–Crippen LogP) is -0.674. The summed E-state index contributed by atoms with van der Waals surface area (Å²) in [4.78, 5) is 33.8. The van der Waals surface area contributed by atoms with Crippen molar-refractivity contribution in [3.63, 3.8) is 0 Å². The summed E-state index contributed by atoms with van der Waals surface area (Å²) in [5, 5.41) is 2.30. The Balaban J connectivity index is 3.27. The van der Waals surface area contributed by atoms with Gasteiger partial charge in [0, 0.05) is 11.1 Å². The first-order chi connectivity index (χ1) is 6.97. The van der Waals surface area contributed by atoms with Gasteiger partial charge in [-0.1, -0.05) is 0 Å². The molecule has 0 aliphatic heterocycles. The number of nitrogens with zero attached hydrogens (tertiary/aromatic N) is 1. The number of aromatic amines is 1. The SMILES string of the molecule is COC(=O)Cn1[nH]c(=O)c(C)c(C)c1=O. The summed E-state index contributed by atoms with van der Waals surface area (Å²) in [6, 6.07) is 0. The van der Waals surface area contributed by atoms with Gasteiger partial charge in [-0.15, -0.1) is 0 Å². The second-order valence-corrected chi connectivity index (χ2v) is 3.16. The van der Waals surface area contributed by atoms with E-state index < -0.39 is 11.5 Å². The summed E-state index contributed by atoms with van der Waals surface area (Å²) in [5.74, 6) is -0.587. The van der Waals surface area contributed by atoms with Crippen LogP contribution in [-0.2, 0) is 16.1 Å². The lowest BCUT2D eigenvalue weighted by Gasteiger charge is -2.06. The Bertz CT molecular complexity index is 498. The highest BCUT2D eigenvalue weighted by molar-refractivity contribution is 5.68. The molecule has 82 valence electrons. The topological polar surface area (TPSA) is 81.2 Å². The Morgan fingerprint density at radius 3 is 2.47 bits per heavy atom. The van der Waals surface area contributed by atoms with Crippen molar-refractivity contribution in [2.45, 2.75) is 20.4 Å². The molecule has 1 heterocycles. The van der Waals surface area contributed by atoms with Gasteiger partial charge in [0.2, 0.25) is 0 Å². The van der Waals surface area contributed by atoms with E-state index in [1.165, 1.54) is 7.11 Å². The minimum atomic E-state index is -0.587. The number of hydrogen-bond acceptors (Lipinski definition) is 4. The zero-order chi connectivity index (χ0) is 11.6. The Labute approximate surface area is 85.5 Å². The molecule has 1 aromatic heterocycles. The first kappa shape index (κ1) is 11.2. The van der Waals surface area contributed by atoms with Crippen LogP contribution in [0.1, 0.15) is 11.1 Å². The summed E-state index contributed by atoms with van der Waals surface area (Å²) in [5.41, 5.74) is -0.0720. The first-order valence-electron chi connectivity index (χ1n) is 4.34. The molecule has 0 unspecified atom stereocenters. The highest BCUT2D eigenvalue weighted by atomic mass is 16.5. The van der Waals surface area contributed by atoms with Crippen molar-refractivity contribution in [1.29, 1.82) is 0 Å².